The molecule has 6 nitrogen and oxygen atoms in total. The van der Waals surface area contributed by atoms with Crippen LogP contribution in [-0.4, -0.2) is 20.5 Å². The largest absolute Gasteiger partial charge is 0.290 e. The second kappa shape index (κ2) is 4.71. The molecule has 2 aromatic heterocycles. The van der Waals surface area contributed by atoms with E-state index in [0.717, 1.165) is 0 Å². The number of carbonyl (C=O) groups is 1. The van der Waals surface area contributed by atoms with Crippen molar-refractivity contribution < 1.29 is 9.18 Å². The Kier molecular flexibility index (Phi) is 2.88. The average Bonchev–Trinajstić information content (AvgIpc) is 2.90. The summed E-state index contributed by atoms with van der Waals surface area (Å²) in [5.41, 5.74) is 3.92. The first-order chi connectivity index (χ1) is 9.70. The number of fused-ring (bicyclic) bond motifs is 1. The molecule has 0 aliphatic rings. The molecular weight excluding hydrogens is 261 g/mol. The maximum absolute atomic E-state index is 13.3. The van der Waals surface area contributed by atoms with E-state index in [-0.39, 0.29) is 11.4 Å². The summed E-state index contributed by atoms with van der Waals surface area (Å²) < 4.78 is 14.8. The molecule has 3 rings (SSSR count). The molecule has 0 unspecified atom stereocenters. The fourth-order valence-electron chi connectivity index (χ4n) is 2.00. The van der Waals surface area contributed by atoms with Gasteiger partial charge in [0.2, 0.25) is 0 Å². The van der Waals surface area contributed by atoms with Gasteiger partial charge in [-0.1, -0.05) is 12.1 Å². The van der Waals surface area contributed by atoms with E-state index < -0.39 is 5.91 Å². The van der Waals surface area contributed by atoms with Crippen LogP contribution in [0, 0.1) is 5.82 Å². The lowest BCUT2D eigenvalue weighted by Gasteiger charge is -2.05. The fourth-order valence-corrected chi connectivity index (χ4v) is 2.00. The van der Waals surface area contributed by atoms with Crippen LogP contribution < -0.4 is 11.3 Å². The van der Waals surface area contributed by atoms with Crippen LogP contribution in [0.25, 0.3) is 16.9 Å². The second-order valence-electron chi connectivity index (χ2n) is 4.11. The zero-order valence-corrected chi connectivity index (χ0v) is 10.2. The van der Waals surface area contributed by atoms with Crippen LogP contribution in [0.15, 0.2) is 42.7 Å². The first kappa shape index (κ1) is 12.2. The predicted octanol–water partition coefficient (Wildman–Crippen LogP) is 1.14. The molecule has 0 aliphatic carbocycles. The predicted molar refractivity (Wildman–Crippen MR) is 70.0 cm³/mol. The molecule has 20 heavy (non-hydrogen) atoms. The lowest BCUT2D eigenvalue weighted by Crippen LogP contribution is -2.29. The van der Waals surface area contributed by atoms with Gasteiger partial charge >= 0.3 is 0 Å². The quantitative estimate of drug-likeness (QED) is 0.416. The first-order valence-electron chi connectivity index (χ1n) is 5.80. The number of nitrogens with zero attached hydrogens (tertiary/aromatic N) is 3. The number of rotatable bonds is 2. The number of benzene rings is 1. The molecular formula is C13H10FN5O. The molecule has 100 valence electrons. The summed E-state index contributed by atoms with van der Waals surface area (Å²) in [5.74, 6) is 4.28. The van der Waals surface area contributed by atoms with E-state index in [9.17, 15) is 9.18 Å². The molecule has 0 saturated carbocycles. The van der Waals surface area contributed by atoms with Crippen LogP contribution in [0.5, 0.6) is 0 Å². The number of halogens is 1. The van der Waals surface area contributed by atoms with Gasteiger partial charge in [0.25, 0.3) is 5.91 Å². The standard InChI is InChI=1S/C13H10FN5O/c14-9-3-1-2-8(6-9)11-4-5-16-12-10(13(20)18-15)7-17-19(11)12/h1-7H,15H2,(H,18,20). The molecule has 1 aromatic carbocycles. The Hall–Kier alpha value is -2.80. The number of nitrogens with one attached hydrogen (secondary N) is 1. The van der Waals surface area contributed by atoms with E-state index in [0.29, 0.717) is 16.9 Å². The Labute approximate surface area is 113 Å². The third-order valence-electron chi connectivity index (χ3n) is 2.90. The summed E-state index contributed by atoms with van der Waals surface area (Å²) >= 11 is 0. The highest BCUT2D eigenvalue weighted by Crippen LogP contribution is 2.21. The van der Waals surface area contributed by atoms with Gasteiger partial charge in [-0.2, -0.15) is 5.10 Å². The number of hydrogen-bond acceptors (Lipinski definition) is 4. The maximum Gasteiger partial charge on any atom is 0.270 e. The molecule has 0 fully saturated rings. The van der Waals surface area contributed by atoms with Crippen molar-refractivity contribution in [3.63, 3.8) is 0 Å². The van der Waals surface area contributed by atoms with Gasteiger partial charge in [0.15, 0.2) is 5.65 Å². The van der Waals surface area contributed by atoms with Gasteiger partial charge < -0.3 is 0 Å². The minimum atomic E-state index is -0.483. The summed E-state index contributed by atoms with van der Waals surface area (Å²) in [5, 5.41) is 4.11. The Morgan fingerprint density at radius 1 is 1.35 bits per heavy atom. The van der Waals surface area contributed by atoms with Crippen LogP contribution in [0.3, 0.4) is 0 Å². The van der Waals surface area contributed by atoms with Crippen molar-refractivity contribution in [2.75, 3.05) is 0 Å². The Morgan fingerprint density at radius 3 is 2.95 bits per heavy atom. The van der Waals surface area contributed by atoms with Gasteiger partial charge in [-0.15, -0.1) is 0 Å². The van der Waals surface area contributed by atoms with Crippen LogP contribution in [0.4, 0.5) is 4.39 Å². The van der Waals surface area contributed by atoms with Gasteiger partial charge in [-0.25, -0.2) is 19.7 Å². The van der Waals surface area contributed by atoms with Crippen molar-refractivity contribution in [2.45, 2.75) is 0 Å². The monoisotopic (exact) mass is 271 g/mol. The summed E-state index contributed by atoms with van der Waals surface area (Å²) in [4.78, 5) is 15.7. The van der Waals surface area contributed by atoms with E-state index in [4.69, 9.17) is 5.84 Å². The molecule has 0 radical (unpaired) electrons. The van der Waals surface area contributed by atoms with Gasteiger partial charge in [-0.05, 0) is 18.2 Å². The first-order valence-corrected chi connectivity index (χ1v) is 5.80. The van der Waals surface area contributed by atoms with Crippen molar-refractivity contribution in [3.05, 3.63) is 54.1 Å². The van der Waals surface area contributed by atoms with Crippen molar-refractivity contribution in [1.82, 2.24) is 20.0 Å². The Morgan fingerprint density at radius 2 is 2.20 bits per heavy atom. The molecule has 0 atom stereocenters. The molecule has 3 N–H and O–H groups in total. The number of aromatic nitrogens is 3. The third-order valence-corrected chi connectivity index (χ3v) is 2.90. The Bertz CT molecular complexity index is 798. The van der Waals surface area contributed by atoms with Crippen LogP contribution >= 0.6 is 0 Å². The number of hydrogen-bond donors (Lipinski definition) is 2. The SMILES string of the molecule is NNC(=O)c1cnn2c(-c3cccc(F)c3)ccnc12. The zero-order valence-electron chi connectivity index (χ0n) is 10.2. The minimum absolute atomic E-state index is 0.255. The molecule has 0 spiro atoms. The molecule has 0 saturated heterocycles. The number of hydrazine groups is 1. The van der Waals surface area contributed by atoms with Crippen molar-refractivity contribution in [2.24, 2.45) is 5.84 Å². The average molecular weight is 271 g/mol. The van der Waals surface area contributed by atoms with Gasteiger partial charge in [0, 0.05) is 11.8 Å². The summed E-state index contributed by atoms with van der Waals surface area (Å²) in [6.45, 7) is 0. The smallest absolute Gasteiger partial charge is 0.270 e. The lowest BCUT2D eigenvalue weighted by atomic mass is 10.1. The molecule has 0 aliphatic heterocycles. The number of nitrogens with two attached hydrogens (primary N) is 1. The Balaban J connectivity index is 2.23. The highest BCUT2D eigenvalue weighted by Gasteiger charge is 2.15. The summed E-state index contributed by atoms with van der Waals surface area (Å²) in [6.07, 6.45) is 2.90. The summed E-state index contributed by atoms with van der Waals surface area (Å²) in [6, 6.07) is 7.80. The maximum atomic E-state index is 13.3. The molecule has 0 bridgehead atoms. The van der Waals surface area contributed by atoms with E-state index >= 15 is 0 Å². The van der Waals surface area contributed by atoms with Crippen LogP contribution in [-0.2, 0) is 0 Å². The van der Waals surface area contributed by atoms with Crippen molar-refractivity contribution in [1.29, 1.82) is 0 Å². The van der Waals surface area contributed by atoms with Crippen molar-refractivity contribution >= 4 is 11.6 Å². The summed E-state index contributed by atoms with van der Waals surface area (Å²) in [7, 11) is 0. The van der Waals surface area contributed by atoms with Crippen molar-refractivity contribution in [3.8, 4) is 11.3 Å². The molecule has 7 heteroatoms. The zero-order chi connectivity index (χ0) is 14.1. The fraction of sp³-hybridized carbons (Fsp3) is 0. The highest BCUT2D eigenvalue weighted by atomic mass is 19.1. The normalized spacial score (nSPS) is 10.7. The van der Waals surface area contributed by atoms with Crippen LogP contribution in [0.1, 0.15) is 10.4 Å². The molecule has 3 aromatic rings. The highest BCUT2D eigenvalue weighted by molar-refractivity contribution is 5.99. The van der Waals surface area contributed by atoms with Gasteiger partial charge in [0.1, 0.15) is 11.4 Å². The van der Waals surface area contributed by atoms with Gasteiger partial charge in [-0.3, -0.25) is 10.2 Å². The number of nitrogen functional groups attached to an aromatic ring is 1. The van der Waals surface area contributed by atoms with E-state index in [1.165, 1.54) is 29.0 Å². The number of carbonyl (C=O) groups excluding carboxylic acids is 1. The second-order valence-corrected chi connectivity index (χ2v) is 4.11. The van der Waals surface area contributed by atoms with Crippen LogP contribution in [0.2, 0.25) is 0 Å². The minimum Gasteiger partial charge on any atom is -0.290 e. The van der Waals surface area contributed by atoms with Gasteiger partial charge in [0.05, 0.1) is 11.9 Å². The molecule has 1 amide bonds. The number of amides is 1. The molecule has 2 heterocycles. The third kappa shape index (κ3) is 1.90. The topological polar surface area (TPSA) is 85.3 Å². The lowest BCUT2D eigenvalue weighted by molar-refractivity contribution is 0.0955. The van der Waals surface area contributed by atoms with E-state index in [1.54, 1.807) is 18.2 Å². The van der Waals surface area contributed by atoms with E-state index in [1.807, 2.05) is 5.43 Å². The van der Waals surface area contributed by atoms with E-state index in [2.05, 4.69) is 10.1 Å².